The second-order valence-corrected chi connectivity index (χ2v) is 4.04. The average Bonchev–Trinajstić information content (AvgIpc) is 2.52. The highest BCUT2D eigenvalue weighted by Crippen LogP contribution is 2.05. The molecule has 1 heterocycles. The average molecular weight is 196 g/mol. The molecule has 0 saturated carbocycles. The molecule has 0 amide bonds. The van der Waals surface area contributed by atoms with Gasteiger partial charge in [0.25, 0.3) is 0 Å². The van der Waals surface area contributed by atoms with Gasteiger partial charge in [0.2, 0.25) is 0 Å². The van der Waals surface area contributed by atoms with Crippen molar-refractivity contribution in [1.82, 2.24) is 14.8 Å². The highest BCUT2D eigenvalue weighted by molar-refractivity contribution is 4.86. The minimum atomic E-state index is 0.638. The van der Waals surface area contributed by atoms with Gasteiger partial charge in [-0.15, -0.1) is 10.2 Å². The number of aromatic nitrogens is 3. The van der Waals surface area contributed by atoms with Gasteiger partial charge in [-0.2, -0.15) is 0 Å². The lowest BCUT2D eigenvalue weighted by Gasteiger charge is -2.08. The molecule has 0 aliphatic heterocycles. The Hall–Kier alpha value is -0.900. The maximum Gasteiger partial charge on any atom is 0.132 e. The summed E-state index contributed by atoms with van der Waals surface area (Å²) >= 11 is 0. The van der Waals surface area contributed by atoms with Gasteiger partial charge in [-0.1, -0.05) is 13.8 Å². The van der Waals surface area contributed by atoms with E-state index in [9.17, 15) is 0 Å². The van der Waals surface area contributed by atoms with E-state index < -0.39 is 0 Å². The van der Waals surface area contributed by atoms with Crippen LogP contribution in [0.25, 0.3) is 0 Å². The molecule has 0 spiro atoms. The fourth-order valence-electron chi connectivity index (χ4n) is 1.45. The molecule has 4 nitrogen and oxygen atoms in total. The Bertz CT molecular complexity index is 254. The zero-order valence-electron chi connectivity index (χ0n) is 9.11. The third kappa shape index (κ3) is 3.46. The Labute approximate surface area is 85.5 Å². The van der Waals surface area contributed by atoms with Crippen LogP contribution in [0.5, 0.6) is 0 Å². The fraction of sp³-hybridized carbons (Fsp3) is 0.800. The predicted octanol–water partition coefficient (Wildman–Crippen LogP) is 1.22. The third-order valence-electron chi connectivity index (χ3n) is 2.11. The van der Waals surface area contributed by atoms with E-state index in [-0.39, 0.29) is 0 Å². The smallest absolute Gasteiger partial charge is 0.132 e. The fourth-order valence-corrected chi connectivity index (χ4v) is 1.45. The number of aryl methyl sites for hydroxylation is 1. The third-order valence-corrected chi connectivity index (χ3v) is 2.11. The number of nitrogens with zero attached hydrogens (tertiary/aromatic N) is 3. The topological polar surface area (TPSA) is 56.7 Å². The van der Waals surface area contributed by atoms with Crippen LogP contribution in [0, 0.1) is 5.92 Å². The maximum atomic E-state index is 5.44. The molecule has 0 saturated heterocycles. The summed E-state index contributed by atoms with van der Waals surface area (Å²) in [7, 11) is 0. The Morgan fingerprint density at radius 2 is 2.21 bits per heavy atom. The molecule has 0 unspecified atom stereocenters. The minimum absolute atomic E-state index is 0.638. The van der Waals surface area contributed by atoms with Gasteiger partial charge in [0, 0.05) is 13.0 Å². The van der Waals surface area contributed by atoms with Gasteiger partial charge in [0.05, 0.1) is 0 Å². The van der Waals surface area contributed by atoms with Crippen molar-refractivity contribution in [3.63, 3.8) is 0 Å². The molecule has 0 fully saturated rings. The Morgan fingerprint density at radius 3 is 2.86 bits per heavy atom. The molecule has 2 N–H and O–H groups in total. The molecule has 0 radical (unpaired) electrons. The molecular weight excluding hydrogens is 176 g/mol. The van der Waals surface area contributed by atoms with Crippen molar-refractivity contribution >= 4 is 0 Å². The van der Waals surface area contributed by atoms with Crippen LogP contribution in [0.2, 0.25) is 0 Å². The second kappa shape index (κ2) is 5.75. The van der Waals surface area contributed by atoms with E-state index in [1.165, 1.54) is 0 Å². The number of nitrogens with two attached hydrogens (primary N) is 1. The van der Waals surface area contributed by atoms with Gasteiger partial charge in [-0.3, -0.25) is 0 Å². The lowest BCUT2D eigenvalue weighted by atomic mass is 10.2. The molecule has 1 rings (SSSR count). The zero-order valence-corrected chi connectivity index (χ0v) is 9.11. The molecule has 0 aliphatic carbocycles. The van der Waals surface area contributed by atoms with Crippen molar-refractivity contribution in [2.75, 3.05) is 6.54 Å². The molecule has 1 aromatic heterocycles. The van der Waals surface area contributed by atoms with Crippen molar-refractivity contribution in [1.29, 1.82) is 0 Å². The van der Waals surface area contributed by atoms with Gasteiger partial charge in [-0.05, 0) is 25.3 Å². The van der Waals surface area contributed by atoms with Gasteiger partial charge in [-0.25, -0.2) is 0 Å². The van der Waals surface area contributed by atoms with Crippen LogP contribution in [0.4, 0.5) is 0 Å². The van der Waals surface area contributed by atoms with Crippen molar-refractivity contribution in [2.24, 2.45) is 11.7 Å². The van der Waals surface area contributed by atoms with Crippen molar-refractivity contribution in [3.8, 4) is 0 Å². The first-order chi connectivity index (χ1) is 6.74. The zero-order chi connectivity index (χ0) is 10.4. The standard InChI is InChI=1S/C10H20N4/c1-9(2)7-14-8-12-13-10(14)5-3-4-6-11/h8-9H,3-7,11H2,1-2H3. The summed E-state index contributed by atoms with van der Waals surface area (Å²) < 4.78 is 2.14. The lowest BCUT2D eigenvalue weighted by molar-refractivity contribution is 0.502. The van der Waals surface area contributed by atoms with Crippen LogP contribution < -0.4 is 5.73 Å². The Morgan fingerprint density at radius 1 is 1.43 bits per heavy atom. The van der Waals surface area contributed by atoms with E-state index >= 15 is 0 Å². The number of unbranched alkanes of at least 4 members (excludes halogenated alkanes) is 1. The molecule has 80 valence electrons. The summed E-state index contributed by atoms with van der Waals surface area (Å²) in [6.07, 6.45) is 4.98. The van der Waals surface area contributed by atoms with E-state index in [4.69, 9.17) is 5.73 Å². The quantitative estimate of drug-likeness (QED) is 0.696. The Balaban J connectivity index is 2.45. The van der Waals surface area contributed by atoms with Gasteiger partial charge >= 0.3 is 0 Å². The Kier molecular flexibility index (Phi) is 4.59. The van der Waals surface area contributed by atoms with Gasteiger partial charge in [0.15, 0.2) is 0 Å². The molecular formula is C10H20N4. The van der Waals surface area contributed by atoms with Crippen LogP contribution in [-0.2, 0) is 13.0 Å². The first kappa shape index (κ1) is 11.2. The SMILES string of the molecule is CC(C)Cn1cnnc1CCCCN. The molecule has 0 aromatic carbocycles. The molecule has 14 heavy (non-hydrogen) atoms. The monoisotopic (exact) mass is 196 g/mol. The van der Waals surface area contributed by atoms with E-state index in [0.717, 1.165) is 38.2 Å². The van der Waals surface area contributed by atoms with Gasteiger partial charge < -0.3 is 10.3 Å². The molecule has 4 heteroatoms. The van der Waals surface area contributed by atoms with Crippen molar-refractivity contribution in [3.05, 3.63) is 12.2 Å². The number of hydrogen-bond acceptors (Lipinski definition) is 3. The minimum Gasteiger partial charge on any atom is -0.330 e. The first-order valence-electron chi connectivity index (χ1n) is 5.30. The lowest BCUT2D eigenvalue weighted by Crippen LogP contribution is -2.08. The van der Waals surface area contributed by atoms with E-state index in [2.05, 4.69) is 28.6 Å². The number of hydrogen-bond donors (Lipinski definition) is 1. The van der Waals surface area contributed by atoms with Crippen LogP contribution in [-0.4, -0.2) is 21.3 Å². The largest absolute Gasteiger partial charge is 0.330 e. The normalized spacial score (nSPS) is 11.1. The molecule has 0 aliphatic rings. The highest BCUT2D eigenvalue weighted by atomic mass is 15.3. The van der Waals surface area contributed by atoms with Crippen LogP contribution in [0.1, 0.15) is 32.5 Å². The van der Waals surface area contributed by atoms with Crippen LogP contribution >= 0.6 is 0 Å². The maximum absolute atomic E-state index is 5.44. The second-order valence-electron chi connectivity index (χ2n) is 4.04. The van der Waals surface area contributed by atoms with Gasteiger partial charge in [0.1, 0.15) is 12.2 Å². The summed E-state index contributed by atoms with van der Waals surface area (Å²) in [5.41, 5.74) is 5.44. The summed E-state index contributed by atoms with van der Waals surface area (Å²) in [4.78, 5) is 0. The predicted molar refractivity (Wildman–Crippen MR) is 56.9 cm³/mol. The van der Waals surface area contributed by atoms with Crippen LogP contribution in [0.15, 0.2) is 6.33 Å². The van der Waals surface area contributed by atoms with E-state index in [1.54, 1.807) is 0 Å². The summed E-state index contributed by atoms with van der Waals surface area (Å²) in [6, 6.07) is 0. The number of rotatable bonds is 6. The van der Waals surface area contributed by atoms with E-state index in [0.29, 0.717) is 5.92 Å². The van der Waals surface area contributed by atoms with Crippen molar-refractivity contribution in [2.45, 2.75) is 39.7 Å². The summed E-state index contributed by atoms with van der Waals surface area (Å²) in [5.74, 6) is 1.73. The highest BCUT2D eigenvalue weighted by Gasteiger charge is 2.04. The van der Waals surface area contributed by atoms with Crippen molar-refractivity contribution < 1.29 is 0 Å². The molecule has 0 bridgehead atoms. The molecule has 0 atom stereocenters. The van der Waals surface area contributed by atoms with E-state index in [1.807, 2.05) is 6.33 Å². The molecule has 1 aromatic rings. The first-order valence-corrected chi connectivity index (χ1v) is 5.30. The summed E-state index contributed by atoms with van der Waals surface area (Å²) in [6.45, 7) is 6.16. The van der Waals surface area contributed by atoms with Crippen LogP contribution in [0.3, 0.4) is 0 Å². The summed E-state index contributed by atoms with van der Waals surface area (Å²) in [5, 5.41) is 8.05.